The van der Waals surface area contributed by atoms with Crippen molar-refractivity contribution in [3.63, 3.8) is 0 Å². The Bertz CT molecular complexity index is 601. The molecule has 0 heterocycles. The SMILES string of the molecule is CCCCCCCCCCCCOC1=CC(=O)c2ccccc2C1=O. The number of hydrogen-bond donors (Lipinski definition) is 0. The van der Waals surface area contributed by atoms with Crippen LogP contribution in [-0.2, 0) is 4.74 Å². The molecule has 0 radical (unpaired) electrons. The topological polar surface area (TPSA) is 43.4 Å². The van der Waals surface area contributed by atoms with E-state index in [0.29, 0.717) is 17.7 Å². The van der Waals surface area contributed by atoms with E-state index in [-0.39, 0.29) is 17.3 Å². The van der Waals surface area contributed by atoms with Gasteiger partial charge in [-0.1, -0.05) is 89.0 Å². The zero-order valence-electron chi connectivity index (χ0n) is 15.4. The Balaban J connectivity index is 1.58. The highest BCUT2D eigenvalue weighted by Crippen LogP contribution is 2.22. The summed E-state index contributed by atoms with van der Waals surface area (Å²) < 4.78 is 5.59. The molecule has 0 aromatic heterocycles. The molecule has 0 saturated heterocycles. The second-order valence-corrected chi connectivity index (χ2v) is 6.78. The Morgan fingerprint density at radius 1 is 0.760 bits per heavy atom. The van der Waals surface area contributed by atoms with Gasteiger partial charge in [0.1, 0.15) is 0 Å². The normalized spacial score (nSPS) is 13.6. The molecule has 0 bridgehead atoms. The first-order valence-electron chi connectivity index (χ1n) is 9.76. The van der Waals surface area contributed by atoms with Crippen molar-refractivity contribution in [1.82, 2.24) is 0 Å². The van der Waals surface area contributed by atoms with E-state index < -0.39 is 0 Å². The van der Waals surface area contributed by atoms with Gasteiger partial charge in [-0.3, -0.25) is 9.59 Å². The minimum absolute atomic E-state index is 0.145. The van der Waals surface area contributed by atoms with Crippen LogP contribution in [0.25, 0.3) is 0 Å². The molecule has 1 aromatic carbocycles. The van der Waals surface area contributed by atoms with Crippen molar-refractivity contribution in [3.8, 4) is 0 Å². The zero-order valence-corrected chi connectivity index (χ0v) is 15.4. The predicted molar refractivity (Wildman–Crippen MR) is 101 cm³/mol. The molecule has 0 aliphatic heterocycles. The zero-order chi connectivity index (χ0) is 17.9. The fourth-order valence-electron chi connectivity index (χ4n) is 3.17. The molecule has 2 rings (SSSR count). The van der Waals surface area contributed by atoms with Crippen molar-refractivity contribution >= 4 is 11.6 Å². The van der Waals surface area contributed by atoms with Gasteiger partial charge in [-0.15, -0.1) is 0 Å². The maximum atomic E-state index is 12.3. The third-order valence-electron chi connectivity index (χ3n) is 4.68. The van der Waals surface area contributed by atoms with Crippen LogP contribution in [0.15, 0.2) is 36.1 Å². The van der Waals surface area contributed by atoms with Crippen LogP contribution < -0.4 is 0 Å². The summed E-state index contributed by atoms with van der Waals surface area (Å²) in [5.41, 5.74) is 0.923. The average molecular weight is 342 g/mol. The Hall–Kier alpha value is -1.90. The highest BCUT2D eigenvalue weighted by atomic mass is 16.5. The molecule has 0 N–H and O–H groups in total. The van der Waals surface area contributed by atoms with Gasteiger partial charge in [0.05, 0.1) is 6.61 Å². The van der Waals surface area contributed by atoms with Crippen molar-refractivity contribution in [2.75, 3.05) is 6.61 Å². The van der Waals surface area contributed by atoms with Crippen molar-refractivity contribution in [2.45, 2.75) is 71.1 Å². The fourth-order valence-corrected chi connectivity index (χ4v) is 3.17. The van der Waals surface area contributed by atoms with E-state index in [4.69, 9.17) is 4.74 Å². The molecule has 0 fully saturated rings. The Morgan fingerprint density at radius 3 is 1.96 bits per heavy atom. The smallest absolute Gasteiger partial charge is 0.228 e. The van der Waals surface area contributed by atoms with Gasteiger partial charge in [0.15, 0.2) is 11.5 Å². The van der Waals surface area contributed by atoms with Crippen LogP contribution in [0.1, 0.15) is 91.8 Å². The van der Waals surface area contributed by atoms with Gasteiger partial charge < -0.3 is 4.74 Å². The van der Waals surface area contributed by atoms with Crippen LogP contribution in [-0.4, -0.2) is 18.2 Å². The van der Waals surface area contributed by atoms with Crippen LogP contribution in [0.2, 0.25) is 0 Å². The minimum Gasteiger partial charge on any atom is -0.489 e. The lowest BCUT2D eigenvalue weighted by Crippen LogP contribution is -2.18. The van der Waals surface area contributed by atoms with E-state index in [1.54, 1.807) is 24.3 Å². The van der Waals surface area contributed by atoms with Crippen molar-refractivity contribution in [1.29, 1.82) is 0 Å². The first kappa shape index (κ1) is 19.4. The van der Waals surface area contributed by atoms with Crippen molar-refractivity contribution < 1.29 is 14.3 Å². The molecule has 1 aliphatic rings. The van der Waals surface area contributed by atoms with Gasteiger partial charge in [-0.05, 0) is 6.42 Å². The first-order valence-corrected chi connectivity index (χ1v) is 9.76. The largest absolute Gasteiger partial charge is 0.489 e. The number of ether oxygens (including phenoxy) is 1. The molecule has 1 aromatic rings. The van der Waals surface area contributed by atoms with Crippen molar-refractivity contribution in [3.05, 3.63) is 47.2 Å². The molecular formula is C22H30O3. The summed E-state index contributed by atoms with van der Waals surface area (Å²) in [6, 6.07) is 6.92. The molecule has 3 nitrogen and oxygen atoms in total. The molecule has 0 amide bonds. The summed E-state index contributed by atoms with van der Waals surface area (Å²) in [6.07, 6.45) is 13.9. The van der Waals surface area contributed by atoms with Crippen molar-refractivity contribution in [2.24, 2.45) is 0 Å². The summed E-state index contributed by atoms with van der Waals surface area (Å²) in [4.78, 5) is 24.4. The van der Waals surface area contributed by atoms with E-state index >= 15 is 0 Å². The van der Waals surface area contributed by atoms with E-state index in [1.807, 2.05) is 0 Å². The van der Waals surface area contributed by atoms with E-state index in [0.717, 1.165) is 12.8 Å². The molecule has 3 heteroatoms. The summed E-state index contributed by atoms with van der Waals surface area (Å²) in [6.45, 7) is 2.75. The number of unbranched alkanes of at least 4 members (excludes halogenated alkanes) is 9. The van der Waals surface area contributed by atoms with Gasteiger partial charge in [-0.2, -0.15) is 0 Å². The van der Waals surface area contributed by atoms with Crippen LogP contribution in [0.5, 0.6) is 0 Å². The summed E-state index contributed by atoms with van der Waals surface area (Å²) in [5.74, 6) is -0.129. The Kier molecular flexibility index (Phi) is 8.44. The first-order chi connectivity index (χ1) is 12.2. The monoisotopic (exact) mass is 342 g/mol. The Labute approximate surface area is 151 Å². The lowest BCUT2D eigenvalue weighted by Gasteiger charge is -2.15. The molecule has 0 atom stereocenters. The van der Waals surface area contributed by atoms with Crippen LogP contribution in [0, 0.1) is 0 Å². The summed E-state index contributed by atoms with van der Waals surface area (Å²) in [5, 5.41) is 0. The number of hydrogen-bond acceptors (Lipinski definition) is 3. The number of carbonyl (C=O) groups excluding carboxylic acids is 2. The average Bonchev–Trinajstić information content (AvgIpc) is 2.63. The summed E-state index contributed by atoms with van der Waals surface area (Å²) >= 11 is 0. The maximum absolute atomic E-state index is 12.3. The maximum Gasteiger partial charge on any atom is 0.228 e. The Morgan fingerprint density at radius 2 is 1.32 bits per heavy atom. The van der Waals surface area contributed by atoms with E-state index in [9.17, 15) is 9.59 Å². The number of Topliss-reactive ketones (excluding diaryl/α,β-unsaturated/α-hetero) is 1. The molecule has 1 aliphatic carbocycles. The lowest BCUT2D eigenvalue weighted by atomic mass is 9.94. The van der Waals surface area contributed by atoms with Gasteiger partial charge in [0.25, 0.3) is 0 Å². The number of rotatable bonds is 12. The van der Waals surface area contributed by atoms with Gasteiger partial charge in [-0.25, -0.2) is 0 Å². The number of allylic oxidation sites excluding steroid dienone is 2. The van der Waals surface area contributed by atoms with Gasteiger partial charge in [0, 0.05) is 17.2 Å². The van der Waals surface area contributed by atoms with Crippen LogP contribution in [0.4, 0.5) is 0 Å². The van der Waals surface area contributed by atoms with Gasteiger partial charge >= 0.3 is 0 Å². The molecular weight excluding hydrogens is 312 g/mol. The van der Waals surface area contributed by atoms with E-state index in [2.05, 4.69) is 6.92 Å². The summed E-state index contributed by atoms with van der Waals surface area (Å²) in [7, 11) is 0. The molecule has 136 valence electrons. The highest BCUT2D eigenvalue weighted by Gasteiger charge is 2.26. The highest BCUT2D eigenvalue weighted by molar-refractivity contribution is 6.23. The van der Waals surface area contributed by atoms with E-state index in [1.165, 1.54) is 57.4 Å². The minimum atomic E-state index is -0.178. The number of fused-ring (bicyclic) bond motifs is 1. The molecule has 0 unspecified atom stereocenters. The third-order valence-corrected chi connectivity index (χ3v) is 4.68. The third kappa shape index (κ3) is 6.15. The van der Waals surface area contributed by atoms with Crippen LogP contribution >= 0.6 is 0 Å². The molecule has 25 heavy (non-hydrogen) atoms. The number of carbonyl (C=O) groups is 2. The number of ketones is 2. The predicted octanol–water partition coefficient (Wildman–Crippen LogP) is 5.89. The quantitative estimate of drug-likeness (QED) is 0.445. The molecule has 0 saturated carbocycles. The lowest BCUT2D eigenvalue weighted by molar-refractivity contribution is 0.0879. The second kappa shape index (κ2) is 10.9. The van der Waals surface area contributed by atoms with Gasteiger partial charge in [0.2, 0.25) is 5.78 Å². The standard InChI is InChI=1S/C22H30O3/c1-2-3-4-5-6-7-8-9-10-13-16-25-21-17-20(23)18-14-11-12-15-19(18)22(21)24/h11-12,14-15,17H,2-10,13,16H2,1H3. The molecule has 0 spiro atoms. The second-order valence-electron chi connectivity index (χ2n) is 6.78. The number of benzene rings is 1. The van der Waals surface area contributed by atoms with Crippen LogP contribution in [0.3, 0.4) is 0 Å². The fraction of sp³-hybridized carbons (Fsp3) is 0.545.